The lowest BCUT2D eigenvalue weighted by Gasteiger charge is -2.31. The van der Waals surface area contributed by atoms with Crippen molar-refractivity contribution < 1.29 is 4.74 Å². The summed E-state index contributed by atoms with van der Waals surface area (Å²) in [7, 11) is 0. The van der Waals surface area contributed by atoms with E-state index in [4.69, 9.17) is 4.74 Å². The summed E-state index contributed by atoms with van der Waals surface area (Å²) in [4.78, 5) is 0. The minimum atomic E-state index is 0.201. The molecule has 2 nitrogen and oxygen atoms in total. The van der Waals surface area contributed by atoms with Gasteiger partial charge >= 0.3 is 0 Å². The Labute approximate surface area is 118 Å². The Balaban J connectivity index is 2.68. The maximum atomic E-state index is 6.04. The van der Waals surface area contributed by atoms with E-state index in [2.05, 4.69) is 65.1 Å². The van der Waals surface area contributed by atoms with Crippen molar-refractivity contribution in [1.29, 1.82) is 0 Å². The number of benzene rings is 1. The second-order valence-electron chi connectivity index (χ2n) is 6.38. The van der Waals surface area contributed by atoms with Gasteiger partial charge in [0.2, 0.25) is 0 Å². The van der Waals surface area contributed by atoms with Crippen LogP contribution in [0.25, 0.3) is 0 Å². The first-order valence-corrected chi connectivity index (χ1v) is 7.28. The molecule has 0 saturated heterocycles. The van der Waals surface area contributed by atoms with Crippen LogP contribution in [0.3, 0.4) is 0 Å². The summed E-state index contributed by atoms with van der Waals surface area (Å²) in [6.45, 7) is 15.0. The average Bonchev–Trinajstić information content (AvgIpc) is 2.32. The van der Waals surface area contributed by atoms with Crippen molar-refractivity contribution in [3.05, 3.63) is 29.3 Å². The molecule has 0 heterocycles. The molecule has 1 aromatic carbocycles. The van der Waals surface area contributed by atoms with Crippen LogP contribution in [0.15, 0.2) is 18.2 Å². The lowest BCUT2D eigenvalue weighted by molar-refractivity contribution is 0.173. The van der Waals surface area contributed by atoms with Crippen LogP contribution in [0.1, 0.15) is 45.2 Å². The number of rotatable bonds is 6. The Morgan fingerprint density at radius 2 is 1.89 bits per heavy atom. The van der Waals surface area contributed by atoms with Crippen molar-refractivity contribution in [3.8, 4) is 5.75 Å². The highest BCUT2D eigenvalue weighted by molar-refractivity contribution is 5.38. The SMILES string of the molecule is CCCNC(COc1cccc(C)c1C)C(C)(C)C. The molecule has 19 heavy (non-hydrogen) atoms. The topological polar surface area (TPSA) is 21.3 Å². The average molecular weight is 263 g/mol. The smallest absolute Gasteiger partial charge is 0.122 e. The molecule has 0 fully saturated rings. The predicted molar refractivity (Wildman–Crippen MR) is 82.9 cm³/mol. The molecule has 0 spiro atoms. The molecule has 0 bridgehead atoms. The van der Waals surface area contributed by atoms with Crippen LogP contribution < -0.4 is 10.1 Å². The Bertz CT molecular complexity index is 393. The van der Waals surface area contributed by atoms with Gasteiger partial charge in [0.25, 0.3) is 0 Å². The van der Waals surface area contributed by atoms with E-state index in [0.717, 1.165) is 18.7 Å². The second-order valence-corrected chi connectivity index (χ2v) is 6.38. The highest BCUT2D eigenvalue weighted by atomic mass is 16.5. The molecule has 0 radical (unpaired) electrons. The molecule has 1 N–H and O–H groups in total. The van der Waals surface area contributed by atoms with Crippen LogP contribution in [0, 0.1) is 19.3 Å². The zero-order chi connectivity index (χ0) is 14.5. The molecular weight excluding hydrogens is 234 g/mol. The predicted octanol–water partition coefficient (Wildman–Crippen LogP) is 4.10. The molecule has 0 aliphatic carbocycles. The van der Waals surface area contributed by atoms with E-state index in [0.29, 0.717) is 12.6 Å². The zero-order valence-electron chi connectivity index (χ0n) is 13.3. The van der Waals surface area contributed by atoms with Crippen molar-refractivity contribution in [2.24, 2.45) is 5.41 Å². The summed E-state index contributed by atoms with van der Waals surface area (Å²) in [6, 6.07) is 6.61. The van der Waals surface area contributed by atoms with Crippen molar-refractivity contribution in [2.75, 3.05) is 13.2 Å². The normalized spacial score (nSPS) is 13.4. The monoisotopic (exact) mass is 263 g/mol. The lowest BCUT2D eigenvalue weighted by Crippen LogP contribution is -2.45. The summed E-state index contributed by atoms with van der Waals surface area (Å²) in [5.41, 5.74) is 2.73. The Morgan fingerprint density at radius 1 is 1.21 bits per heavy atom. The largest absolute Gasteiger partial charge is 0.492 e. The molecule has 1 rings (SSSR count). The fourth-order valence-corrected chi connectivity index (χ4v) is 1.99. The van der Waals surface area contributed by atoms with E-state index in [1.807, 2.05) is 0 Å². The molecule has 0 saturated carbocycles. The van der Waals surface area contributed by atoms with Crippen LogP contribution in [-0.2, 0) is 0 Å². The van der Waals surface area contributed by atoms with Crippen molar-refractivity contribution in [3.63, 3.8) is 0 Å². The third kappa shape index (κ3) is 4.87. The standard InChI is InChI=1S/C17H29NO/c1-7-11-18-16(17(4,5)6)12-19-15-10-8-9-13(2)14(15)3/h8-10,16,18H,7,11-12H2,1-6H3. The minimum absolute atomic E-state index is 0.201. The summed E-state index contributed by atoms with van der Waals surface area (Å²) in [5.74, 6) is 1.01. The third-order valence-electron chi connectivity index (χ3n) is 3.65. The molecular formula is C17H29NO. The first kappa shape index (κ1) is 16.0. The second kappa shape index (κ2) is 6.95. The van der Waals surface area contributed by atoms with Crippen LogP contribution in [0.4, 0.5) is 0 Å². The van der Waals surface area contributed by atoms with Crippen LogP contribution in [-0.4, -0.2) is 19.2 Å². The molecule has 1 aromatic rings. The summed E-state index contributed by atoms with van der Waals surface area (Å²) in [6.07, 6.45) is 1.15. The van der Waals surface area contributed by atoms with Gasteiger partial charge in [0.15, 0.2) is 0 Å². The van der Waals surface area contributed by atoms with Gasteiger partial charge in [-0.3, -0.25) is 0 Å². The van der Waals surface area contributed by atoms with Crippen LogP contribution >= 0.6 is 0 Å². The fraction of sp³-hybridized carbons (Fsp3) is 0.647. The molecule has 108 valence electrons. The molecule has 0 amide bonds. The summed E-state index contributed by atoms with van der Waals surface area (Å²) in [5, 5.41) is 3.59. The summed E-state index contributed by atoms with van der Waals surface area (Å²) < 4.78 is 6.04. The minimum Gasteiger partial charge on any atom is -0.492 e. The van der Waals surface area contributed by atoms with E-state index < -0.39 is 0 Å². The van der Waals surface area contributed by atoms with Gasteiger partial charge < -0.3 is 10.1 Å². The highest BCUT2D eigenvalue weighted by Crippen LogP contribution is 2.24. The number of hydrogen-bond acceptors (Lipinski definition) is 2. The summed E-state index contributed by atoms with van der Waals surface area (Å²) >= 11 is 0. The molecule has 1 unspecified atom stereocenters. The Morgan fingerprint density at radius 3 is 2.47 bits per heavy atom. The number of aryl methyl sites for hydroxylation is 1. The Hall–Kier alpha value is -1.02. The van der Waals surface area contributed by atoms with E-state index >= 15 is 0 Å². The quantitative estimate of drug-likeness (QED) is 0.834. The molecule has 0 aromatic heterocycles. The van der Waals surface area contributed by atoms with Crippen LogP contribution in [0.2, 0.25) is 0 Å². The first-order valence-electron chi connectivity index (χ1n) is 7.28. The van der Waals surface area contributed by atoms with Gasteiger partial charge in [-0.1, -0.05) is 39.8 Å². The molecule has 0 aliphatic heterocycles. The first-order chi connectivity index (χ1) is 8.86. The zero-order valence-corrected chi connectivity index (χ0v) is 13.3. The van der Waals surface area contributed by atoms with Crippen LogP contribution in [0.5, 0.6) is 5.75 Å². The van der Waals surface area contributed by atoms with Gasteiger partial charge in [0.1, 0.15) is 12.4 Å². The number of nitrogens with one attached hydrogen (secondary N) is 1. The van der Waals surface area contributed by atoms with Gasteiger partial charge in [0.05, 0.1) is 0 Å². The van der Waals surface area contributed by atoms with Crippen molar-refractivity contribution in [1.82, 2.24) is 5.32 Å². The van der Waals surface area contributed by atoms with Crippen molar-refractivity contribution in [2.45, 2.75) is 54.0 Å². The molecule has 0 aliphatic rings. The fourth-order valence-electron chi connectivity index (χ4n) is 1.99. The van der Waals surface area contributed by atoms with E-state index in [1.165, 1.54) is 11.1 Å². The third-order valence-corrected chi connectivity index (χ3v) is 3.65. The van der Waals surface area contributed by atoms with Gasteiger partial charge in [-0.05, 0) is 49.4 Å². The van der Waals surface area contributed by atoms with E-state index in [1.54, 1.807) is 0 Å². The molecule has 1 atom stereocenters. The van der Waals surface area contributed by atoms with Crippen molar-refractivity contribution >= 4 is 0 Å². The molecule has 2 heteroatoms. The highest BCUT2D eigenvalue weighted by Gasteiger charge is 2.24. The maximum Gasteiger partial charge on any atom is 0.122 e. The Kier molecular flexibility index (Phi) is 5.86. The van der Waals surface area contributed by atoms with Gasteiger partial charge in [-0.25, -0.2) is 0 Å². The number of hydrogen-bond donors (Lipinski definition) is 1. The van der Waals surface area contributed by atoms with Gasteiger partial charge in [0, 0.05) is 6.04 Å². The maximum absolute atomic E-state index is 6.04. The van der Waals surface area contributed by atoms with Gasteiger partial charge in [-0.15, -0.1) is 0 Å². The van der Waals surface area contributed by atoms with E-state index in [9.17, 15) is 0 Å². The van der Waals surface area contributed by atoms with E-state index in [-0.39, 0.29) is 5.41 Å². The number of ether oxygens (including phenoxy) is 1. The van der Waals surface area contributed by atoms with Gasteiger partial charge in [-0.2, -0.15) is 0 Å². The lowest BCUT2D eigenvalue weighted by atomic mass is 9.87.